The summed E-state index contributed by atoms with van der Waals surface area (Å²) < 4.78 is 30.2. The van der Waals surface area contributed by atoms with Gasteiger partial charge >= 0.3 is 0 Å². The number of para-hydroxylation sites is 1. The molecule has 188 valence electrons. The van der Waals surface area contributed by atoms with Crippen molar-refractivity contribution in [3.8, 4) is 10.6 Å². The first kappa shape index (κ1) is 25.0. The molecular weight excluding hydrogens is 517 g/mol. The molecule has 1 aliphatic rings. The third-order valence-electron chi connectivity index (χ3n) is 6.46. The lowest BCUT2D eigenvalue weighted by Gasteiger charge is -2.37. The Morgan fingerprint density at radius 1 is 1.03 bits per heavy atom. The molecule has 4 heterocycles. The normalized spacial score (nSPS) is 16.4. The molecule has 0 saturated carbocycles. The number of hydrogen-bond acceptors (Lipinski definition) is 9. The van der Waals surface area contributed by atoms with Gasteiger partial charge in [-0.25, -0.2) is 23.4 Å². The highest BCUT2D eigenvalue weighted by atomic mass is 32.2. The number of thioether (sulfide) groups is 1. The van der Waals surface area contributed by atoms with Crippen LogP contribution in [0.15, 0.2) is 62.8 Å². The molecule has 0 bridgehead atoms. The van der Waals surface area contributed by atoms with Crippen molar-refractivity contribution in [2.24, 2.45) is 7.05 Å². The molecule has 5 rings (SSSR count). The predicted octanol–water partition coefficient (Wildman–Crippen LogP) is 3.24. The monoisotopic (exact) mass is 542 g/mol. The Morgan fingerprint density at radius 3 is 2.53 bits per heavy atom. The number of piperazine rings is 1. The highest BCUT2D eigenvalue weighted by Gasteiger charge is 2.32. The maximum atomic E-state index is 13.4. The molecule has 12 heteroatoms. The highest BCUT2D eigenvalue weighted by Crippen LogP contribution is 2.32. The predicted molar refractivity (Wildman–Crippen MR) is 143 cm³/mol. The molecule has 0 aliphatic carbocycles. The fraction of sp³-hybridized carbons (Fsp3) is 0.333. The van der Waals surface area contributed by atoms with E-state index in [9.17, 15) is 13.2 Å². The van der Waals surface area contributed by atoms with Crippen molar-refractivity contribution in [3.63, 3.8) is 0 Å². The Hall–Kier alpha value is -2.64. The van der Waals surface area contributed by atoms with E-state index >= 15 is 0 Å². The minimum absolute atomic E-state index is 0.0782. The zero-order valence-corrected chi connectivity index (χ0v) is 22.6. The second-order valence-electron chi connectivity index (χ2n) is 8.51. The number of rotatable bonds is 6. The lowest BCUT2D eigenvalue weighted by atomic mass is 10.2. The van der Waals surface area contributed by atoms with Crippen molar-refractivity contribution >= 4 is 44.0 Å². The molecule has 1 aliphatic heterocycles. The van der Waals surface area contributed by atoms with Gasteiger partial charge in [0.05, 0.1) is 27.5 Å². The molecule has 1 aromatic carbocycles. The molecule has 1 unspecified atom stereocenters. The summed E-state index contributed by atoms with van der Waals surface area (Å²) >= 11 is 2.67. The Bertz CT molecular complexity index is 1580. The lowest BCUT2D eigenvalue weighted by Crippen LogP contribution is -2.49. The SMILES string of the molecule is CSc1nccc(-c2ccc(S(=O)(=O)N3CCN(C(C)c4nc5ccccc5c(=O)n4C)CC3)s2)n1. The van der Waals surface area contributed by atoms with Crippen LogP contribution < -0.4 is 5.56 Å². The van der Waals surface area contributed by atoms with E-state index in [0.29, 0.717) is 58.0 Å². The molecule has 3 aromatic heterocycles. The average molecular weight is 543 g/mol. The van der Waals surface area contributed by atoms with E-state index in [0.717, 1.165) is 4.88 Å². The quantitative estimate of drug-likeness (QED) is 0.270. The number of fused-ring (bicyclic) bond motifs is 1. The number of hydrogen-bond donors (Lipinski definition) is 0. The molecule has 0 radical (unpaired) electrons. The van der Waals surface area contributed by atoms with Crippen molar-refractivity contribution in [2.75, 3.05) is 32.4 Å². The Labute approximate surface area is 217 Å². The summed E-state index contributed by atoms with van der Waals surface area (Å²) in [6.45, 7) is 3.84. The summed E-state index contributed by atoms with van der Waals surface area (Å²) in [5, 5.41) is 1.24. The summed E-state index contributed by atoms with van der Waals surface area (Å²) in [7, 11) is -1.88. The fourth-order valence-electron chi connectivity index (χ4n) is 4.40. The van der Waals surface area contributed by atoms with Crippen molar-refractivity contribution in [2.45, 2.75) is 22.3 Å². The summed E-state index contributed by atoms with van der Waals surface area (Å²) in [6, 6.07) is 12.4. The lowest BCUT2D eigenvalue weighted by molar-refractivity contribution is 0.139. The van der Waals surface area contributed by atoms with Crippen LogP contribution in [-0.4, -0.2) is 69.6 Å². The molecule has 0 amide bonds. The van der Waals surface area contributed by atoms with Gasteiger partial charge in [-0.3, -0.25) is 14.3 Å². The maximum absolute atomic E-state index is 13.4. The number of thiophene rings is 1. The van der Waals surface area contributed by atoms with Gasteiger partial charge in [-0.15, -0.1) is 11.3 Å². The molecule has 1 saturated heterocycles. The topological polar surface area (TPSA) is 101 Å². The van der Waals surface area contributed by atoms with Gasteiger partial charge in [0, 0.05) is 39.4 Å². The van der Waals surface area contributed by atoms with Crippen LogP contribution in [0.5, 0.6) is 0 Å². The Balaban J connectivity index is 1.31. The molecular formula is C24H26N6O3S3. The second kappa shape index (κ2) is 10.0. The average Bonchev–Trinajstić information content (AvgIpc) is 3.42. The molecule has 1 atom stereocenters. The summed E-state index contributed by atoms with van der Waals surface area (Å²) in [5.41, 5.74) is 1.31. The van der Waals surface area contributed by atoms with E-state index < -0.39 is 10.0 Å². The molecule has 36 heavy (non-hydrogen) atoms. The highest BCUT2D eigenvalue weighted by molar-refractivity contribution is 7.98. The first-order chi connectivity index (χ1) is 17.3. The van der Waals surface area contributed by atoms with E-state index in [1.807, 2.05) is 31.4 Å². The third kappa shape index (κ3) is 4.59. The zero-order valence-electron chi connectivity index (χ0n) is 20.2. The zero-order chi connectivity index (χ0) is 25.4. The summed E-state index contributed by atoms with van der Waals surface area (Å²) in [4.78, 5) is 29.2. The second-order valence-corrected chi connectivity index (χ2v) is 12.5. The summed E-state index contributed by atoms with van der Waals surface area (Å²) in [6.07, 6.45) is 3.59. The van der Waals surface area contributed by atoms with Gasteiger partial charge in [0.2, 0.25) is 0 Å². The van der Waals surface area contributed by atoms with Crippen LogP contribution in [0.2, 0.25) is 0 Å². The number of benzene rings is 1. The van der Waals surface area contributed by atoms with Gasteiger partial charge in [0.15, 0.2) is 5.16 Å². The van der Waals surface area contributed by atoms with Gasteiger partial charge in [-0.1, -0.05) is 23.9 Å². The number of nitrogens with zero attached hydrogens (tertiary/aromatic N) is 6. The van der Waals surface area contributed by atoms with Crippen LogP contribution >= 0.6 is 23.1 Å². The van der Waals surface area contributed by atoms with Gasteiger partial charge in [-0.2, -0.15) is 4.31 Å². The van der Waals surface area contributed by atoms with E-state index in [-0.39, 0.29) is 11.6 Å². The first-order valence-electron chi connectivity index (χ1n) is 11.5. The maximum Gasteiger partial charge on any atom is 0.261 e. The largest absolute Gasteiger partial charge is 0.298 e. The van der Waals surface area contributed by atoms with Gasteiger partial charge < -0.3 is 0 Å². The van der Waals surface area contributed by atoms with Crippen molar-refractivity contribution < 1.29 is 8.42 Å². The van der Waals surface area contributed by atoms with Gasteiger partial charge in [0.1, 0.15) is 10.0 Å². The van der Waals surface area contributed by atoms with Crippen molar-refractivity contribution in [1.29, 1.82) is 0 Å². The van der Waals surface area contributed by atoms with E-state index in [1.54, 1.807) is 42.1 Å². The van der Waals surface area contributed by atoms with Crippen LogP contribution in [0, 0.1) is 0 Å². The first-order valence-corrected chi connectivity index (χ1v) is 14.9. The molecule has 4 aromatic rings. The van der Waals surface area contributed by atoms with E-state index in [4.69, 9.17) is 4.98 Å². The van der Waals surface area contributed by atoms with Crippen LogP contribution in [0.25, 0.3) is 21.5 Å². The molecule has 9 nitrogen and oxygen atoms in total. The van der Waals surface area contributed by atoms with Gasteiger partial charge in [0.25, 0.3) is 15.6 Å². The van der Waals surface area contributed by atoms with Crippen molar-refractivity contribution in [3.05, 3.63) is 64.8 Å². The minimum Gasteiger partial charge on any atom is -0.298 e. The van der Waals surface area contributed by atoms with Crippen LogP contribution in [0.1, 0.15) is 18.8 Å². The molecule has 0 N–H and O–H groups in total. The van der Waals surface area contributed by atoms with Crippen LogP contribution in [0.3, 0.4) is 0 Å². The molecule has 1 fully saturated rings. The van der Waals surface area contributed by atoms with Crippen molar-refractivity contribution in [1.82, 2.24) is 28.7 Å². The van der Waals surface area contributed by atoms with Crippen LogP contribution in [0.4, 0.5) is 0 Å². The summed E-state index contributed by atoms with van der Waals surface area (Å²) in [5.74, 6) is 0.673. The Morgan fingerprint density at radius 2 is 1.78 bits per heavy atom. The number of sulfonamides is 1. The standard InChI is InChI=1S/C24H26N6O3S3/c1-16(22-26-18-7-5-4-6-17(18)23(31)28(22)2)29-12-14-30(15-13-29)36(32,33)21-9-8-20(35-21)19-10-11-25-24(27-19)34-3/h4-11,16H,12-15H2,1-3H3. The Kier molecular flexibility index (Phi) is 6.97. The fourth-order valence-corrected chi connectivity index (χ4v) is 7.61. The van der Waals surface area contributed by atoms with E-state index in [1.165, 1.54) is 27.4 Å². The smallest absolute Gasteiger partial charge is 0.261 e. The van der Waals surface area contributed by atoms with Gasteiger partial charge in [-0.05, 0) is 43.5 Å². The molecule has 0 spiro atoms. The minimum atomic E-state index is -3.62. The third-order valence-corrected chi connectivity index (χ3v) is 10.5. The van der Waals surface area contributed by atoms with Crippen LogP contribution in [-0.2, 0) is 17.1 Å². The number of aromatic nitrogens is 4. The van der Waals surface area contributed by atoms with E-state index in [2.05, 4.69) is 14.9 Å².